The highest BCUT2D eigenvalue weighted by Crippen LogP contribution is 2.31. The van der Waals surface area contributed by atoms with Crippen molar-refractivity contribution in [2.45, 2.75) is 0 Å². The second-order valence-corrected chi connectivity index (χ2v) is 4.95. The first-order valence-electron chi connectivity index (χ1n) is 7.25. The van der Waals surface area contributed by atoms with Crippen molar-refractivity contribution in [2.24, 2.45) is 0 Å². The molecule has 0 spiro atoms. The van der Waals surface area contributed by atoms with Crippen LogP contribution in [0.25, 0.3) is 22.4 Å². The number of benzene rings is 1. The van der Waals surface area contributed by atoms with Gasteiger partial charge in [-0.05, 0) is 29.8 Å². The summed E-state index contributed by atoms with van der Waals surface area (Å²) in [6, 6.07) is 8.26. The predicted octanol–water partition coefficient (Wildman–Crippen LogP) is 2.30. The molecule has 3 aromatic rings. The first-order valence-corrected chi connectivity index (χ1v) is 7.25. The average molecular weight is 326 g/mol. The zero-order valence-corrected chi connectivity index (χ0v) is 12.7. The van der Waals surface area contributed by atoms with Crippen LogP contribution >= 0.6 is 0 Å². The van der Waals surface area contributed by atoms with Gasteiger partial charge in [0.05, 0.1) is 24.7 Å². The lowest BCUT2D eigenvalue weighted by Crippen LogP contribution is -2.04. The van der Waals surface area contributed by atoms with Gasteiger partial charge in [-0.3, -0.25) is 4.98 Å². The van der Waals surface area contributed by atoms with Crippen LogP contribution in [0.15, 0.2) is 48.9 Å². The van der Waals surface area contributed by atoms with Crippen molar-refractivity contribution < 1.29 is 14.2 Å². The standard InChI is InChI=1S/C17H15FN4O2/c18-14-8-11(12-2-1-5-20-17(12)24-7-6-23)3-4-13(14)15-9-22-16(19)10-21-15/h1-5,8-10,23H,6-7H2,(H2,19,22). The van der Waals surface area contributed by atoms with Crippen LogP contribution in [0.4, 0.5) is 10.2 Å². The molecule has 6 nitrogen and oxygen atoms in total. The maximum atomic E-state index is 14.5. The van der Waals surface area contributed by atoms with Gasteiger partial charge in [0, 0.05) is 17.3 Å². The van der Waals surface area contributed by atoms with E-state index >= 15 is 0 Å². The van der Waals surface area contributed by atoms with Crippen LogP contribution in [0.5, 0.6) is 5.88 Å². The zero-order chi connectivity index (χ0) is 16.9. The lowest BCUT2D eigenvalue weighted by Gasteiger charge is -2.10. The molecule has 3 rings (SSSR count). The van der Waals surface area contributed by atoms with Crippen molar-refractivity contribution >= 4 is 5.82 Å². The van der Waals surface area contributed by atoms with Gasteiger partial charge in [0.2, 0.25) is 5.88 Å². The molecule has 0 saturated carbocycles. The number of rotatable bonds is 5. The molecule has 3 N–H and O–H groups in total. The molecule has 122 valence electrons. The first-order chi connectivity index (χ1) is 11.7. The predicted molar refractivity (Wildman–Crippen MR) is 87.7 cm³/mol. The lowest BCUT2D eigenvalue weighted by atomic mass is 10.0. The van der Waals surface area contributed by atoms with Gasteiger partial charge in [-0.2, -0.15) is 0 Å². The lowest BCUT2D eigenvalue weighted by molar-refractivity contribution is 0.197. The van der Waals surface area contributed by atoms with Crippen LogP contribution < -0.4 is 10.5 Å². The molecule has 0 bridgehead atoms. The van der Waals surface area contributed by atoms with Gasteiger partial charge in [-0.15, -0.1) is 0 Å². The van der Waals surface area contributed by atoms with E-state index in [-0.39, 0.29) is 19.0 Å². The number of hydrogen-bond acceptors (Lipinski definition) is 6. The number of nitrogen functional groups attached to an aromatic ring is 1. The molecule has 7 heteroatoms. The molecule has 0 fully saturated rings. The number of hydrogen-bond donors (Lipinski definition) is 2. The van der Waals surface area contributed by atoms with Crippen LogP contribution in [-0.2, 0) is 0 Å². The maximum absolute atomic E-state index is 14.5. The summed E-state index contributed by atoms with van der Waals surface area (Å²) in [4.78, 5) is 12.1. The van der Waals surface area contributed by atoms with Crippen molar-refractivity contribution in [3.8, 4) is 28.3 Å². The number of ether oxygens (including phenoxy) is 1. The van der Waals surface area contributed by atoms with Gasteiger partial charge in [-0.25, -0.2) is 14.4 Å². The van der Waals surface area contributed by atoms with E-state index in [0.29, 0.717) is 28.3 Å². The number of aromatic nitrogens is 3. The maximum Gasteiger partial charge on any atom is 0.221 e. The van der Waals surface area contributed by atoms with Crippen molar-refractivity contribution in [3.05, 3.63) is 54.7 Å². The summed E-state index contributed by atoms with van der Waals surface area (Å²) >= 11 is 0. The van der Waals surface area contributed by atoms with E-state index < -0.39 is 5.82 Å². The first kappa shape index (κ1) is 15.8. The second-order valence-electron chi connectivity index (χ2n) is 4.95. The fourth-order valence-corrected chi connectivity index (χ4v) is 2.24. The summed E-state index contributed by atoms with van der Waals surface area (Å²) in [5.41, 5.74) is 7.47. The summed E-state index contributed by atoms with van der Waals surface area (Å²) < 4.78 is 19.9. The van der Waals surface area contributed by atoms with Gasteiger partial charge in [0.15, 0.2) is 0 Å². The Hall–Kier alpha value is -3.06. The number of anilines is 1. The van der Waals surface area contributed by atoms with Crippen LogP contribution in [0.3, 0.4) is 0 Å². The Labute approximate surface area is 137 Å². The number of aliphatic hydroxyl groups excluding tert-OH is 1. The van der Waals surface area contributed by atoms with Crippen molar-refractivity contribution in [3.63, 3.8) is 0 Å². The highest BCUT2D eigenvalue weighted by Gasteiger charge is 2.12. The summed E-state index contributed by atoms with van der Waals surface area (Å²) in [5.74, 6) is 0.173. The smallest absolute Gasteiger partial charge is 0.221 e. The Morgan fingerprint density at radius 3 is 2.67 bits per heavy atom. The van der Waals surface area contributed by atoms with Crippen LogP contribution in [0, 0.1) is 5.82 Å². The monoisotopic (exact) mass is 326 g/mol. The van der Waals surface area contributed by atoms with E-state index in [1.165, 1.54) is 18.5 Å². The Morgan fingerprint density at radius 1 is 1.08 bits per heavy atom. The third kappa shape index (κ3) is 3.31. The van der Waals surface area contributed by atoms with Crippen molar-refractivity contribution in [1.82, 2.24) is 15.0 Å². The highest BCUT2D eigenvalue weighted by atomic mass is 19.1. The molecule has 0 aliphatic carbocycles. The molecule has 0 unspecified atom stereocenters. The SMILES string of the molecule is Nc1cnc(-c2ccc(-c3cccnc3OCCO)cc2F)cn1. The molecule has 2 heterocycles. The second kappa shape index (κ2) is 7.01. The van der Waals surface area contributed by atoms with E-state index in [4.69, 9.17) is 15.6 Å². The fourth-order valence-electron chi connectivity index (χ4n) is 2.24. The summed E-state index contributed by atoms with van der Waals surface area (Å²) in [6.07, 6.45) is 4.38. The average Bonchev–Trinajstić information content (AvgIpc) is 2.61. The van der Waals surface area contributed by atoms with Crippen LogP contribution in [0.2, 0.25) is 0 Å². The minimum atomic E-state index is -0.441. The number of aliphatic hydroxyl groups is 1. The third-order valence-electron chi connectivity index (χ3n) is 3.33. The van der Waals surface area contributed by atoms with Gasteiger partial charge in [0.25, 0.3) is 0 Å². The van der Waals surface area contributed by atoms with Crippen LogP contribution in [0.1, 0.15) is 0 Å². The minimum Gasteiger partial charge on any atom is -0.475 e. The molecule has 0 aliphatic heterocycles. The quantitative estimate of drug-likeness (QED) is 0.747. The molecule has 0 atom stereocenters. The highest BCUT2D eigenvalue weighted by molar-refractivity contribution is 5.72. The molecule has 1 aromatic carbocycles. The normalized spacial score (nSPS) is 10.6. The van der Waals surface area contributed by atoms with Crippen molar-refractivity contribution in [1.29, 1.82) is 0 Å². The number of halogens is 1. The van der Waals surface area contributed by atoms with E-state index in [0.717, 1.165) is 0 Å². The van der Waals surface area contributed by atoms with Gasteiger partial charge < -0.3 is 15.6 Å². The van der Waals surface area contributed by atoms with E-state index in [1.54, 1.807) is 30.5 Å². The molecule has 0 saturated heterocycles. The Bertz CT molecular complexity index is 840. The molecule has 0 amide bonds. The van der Waals surface area contributed by atoms with Crippen LogP contribution in [-0.4, -0.2) is 33.3 Å². The third-order valence-corrected chi connectivity index (χ3v) is 3.33. The van der Waals surface area contributed by atoms with Crippen molar-refractivity contribution in [2.75, 3.05) is 18.9 Å². The van der Waals surface area contributed by atoms with E-state index in [9.17, 15) is 4.39 Å². The Kier molecular flexibility index (Phi) is 4.62. The molecular weight excluding hydrogens is 311 g/mol. The summed E-state index contributed by atoms with van der Waals surface area (Å²) in [7, 11) is 0. The number of nitrogens with two attached hydrogens (primary N) is 1. The summed E-state index contributed by atoms with van der Waals surface area (Å²) in [6.45, 7) is -0.00920. The van der Waals surface area contributed by atoms with E-state index in [1.807, 2.05) is 0 Å². The van der Waals surface area contributed by atoms with Gasteiger partial charge >= 0.3 is 0 Å². The van der Waals surface area contributed by atoms with Gasteiger partial charge in [-0.1, -0.05) is 6.07 Å². The minimum absolute atomic E-state index is 0.117. The largest absolute Gasteiger partial charge is 0.475 e. The molecule has 24 heavy (non-hydrogen) atoms. The topological polar surface area (TPSA) is 94.2 Å². The van der Waals surface area contributed by atoms with E-state index in [2.05, 4.69) is 15.0 Å². The molecule has 2 aromatic heterocycles. The Balaban J connectivity index is 1.97. The zero-order valence-electron chi connectivity index (χ0n) is 12.7. The summed E-state index contributed by atoms with van der Waals surface area (Å²) in [5, 5.41) is 8.88. The fraction of sp³-hybridized carbons (Fsp3) is 0.118. The number of nitrogens with zero attached hydrogens (tertiary/aromatic N) is 3. The Morgan fingerprint density at radius 2 is 1.96 bits per heavy atom. The molecule has 0 aliphatic rings. The number of pyridine rings is 1. The molecule has 0 radical (unpaired) electrons. The molecular formula is C17H15FN4O2. The van der Waals surface area contributed by atoms with Gasteiger partial charge in [0.1, 0.15) is 18.2 Å².